The highest BCUT2D eigenvalue weighted by Crippen LogP contribution is 2.23. The highest BCUT2D eigenvalue weighted by molar-refractivity contribution is 9.08. The molecule has 1 aromatic rings. The minimum absolute atomic E-state index is 0.0340. The van der Waals surface area contributed by atoms with Gasteiger partial charge in [0.25, 0.3) is 0 Å². The van der Waals surface area contributed by atoms with E-state index in [4.69, 9.17) is 14.2 Å². The van der Waals surface area contributed by atoms with Crippen molar-refractivity contribution < 1.29 is 19.0 Å². The number of alkyl halides is 1. The van der Waals surface area contributed by atoms with Crippen LogP contribution < -0.4 is 4.74 Å². The Morgan fingerprint density at radius 2 is 2.05 bits per heavy atom. The van der Waals surface area contributed by atoms with Gasteiger partial charge >= 0.3 is 5.97 Å². The van der Waals surface area contributed by atoms with Crippen LogP contribution in [0, 0.1) is 0 Å². The zero-order valence-corrected chi connectivity index (χ0v) is 14.6. The van der Waals surface area contributed by atoms with Crippen LogP contribution in [0.4, 0.5) is 0 Å². The normalized spacial score (nSPS) is 12.3. The third-order valence-electron chi connectivity index (χ3n) is 2.90. The molecule has 0 bridgehead atoms. The van der Waals surface area contributed by atoms with Crippen LogP contribution >= 0.6 is 15.9 Å². The summed E-state index contributed by atoms with van der Waals surface area (Å²) in [5.41, 5.74) is 2.06. The third kappa shape index (κ3) is 5.67. The van der Waals surface area contributed by atoms with Crippen LogP contribution in [0.5, 0.6) is 5.75 Å². The van der Waals surface area contributed by atoms with Crippen molar-refractivity contribution in [1.29, 1.82) is 0 Å². The summed E-state index contributed by atoms with van der Waals surface area (Å²) in [7, 11) is 1.64. The molecule has 5 heteroatoms. The number of hydrogen-bond acceptors (Lipinski definition) is 4. The Balaban J connectivity index is 2.89. The zero-order valence-electron chi connectivity index (χ0n) is 13.0. The minimum atomic E-state index is -0.582. The lowest BCUT2D eigenvalue weighted by Gasteiger charge is -2.19. The fourth-order valence-electron chi connectivity index (χ4n) is 2.03. The number of hydrogen-bond donors (Lipinski definition) is 0. The van der Waals surface area contributed by atoms with Crippen LogP contribution in [-0.4, -0.2) is 31.9 Å². The lowest BCUT2D eigenvalue weighted by Crippen LogP contribution is -2.31. The summed E-state index contributed by atoms with van der Waals surface area (Å²) in [5.74, 6) is 0.510. The van der Waals surface area contributed by atoms with Crippen LogP contribution in [0.3, 0.4) is 0 Å². The summed E-state index contributed by atoms with van der Waals surface area (Å²) >= 11 is 3.44. The fraction of sp³-hybridized carbons (Fsp3) is 0.562. The van der Waals surface area contributed by atoms with Gasteiger partial charge in [-0.25, -0.2) is 4.79 Å². The Morgan fingerprint density at radius 3 is 2.57 bits per heavy atom. The van der Waals surface area contributed by atoms with Crippen molar-refractivity contribution in [3.8, 4) is 5.75 Å². The number of carbonyl (C=O) groups is 1. The molecule has 1 aromatic carbocycles. The summed E-state index contributed by atoms with van der Waals surface area (Å²) in [6, 6.07) is 5.87. The number of benzene rings is 1. The first kappa shape index (κ1) is 18.0. The van der Waals surface area contributed by atoms with Gasteiger partial charge in [-0.05, 0) is 32.4 Å². The smallest absolute Gasteiger partial charge is 0.335 e. The zero-order chi connectivity index (χ0) is 15.8. The van der Waals surface area contributed by atoms with E-state index in [2.05, 4.69) is 15.9 Å². The van der Waals surface area contributed by atoms with E-state index < -0.39 is 6.10 Å². The second-order valence-corrected chi connectivity index (χ2v) is 5.47. The molecule has 0 saturated carbocycles. The number of esters is 1. The Bertz CT molecular complexity index is 460. The van der Waals surface area contributed by atoms with E-state index in [0.29, 0.717) is 18.4 Å². The lowest BCUT2D eigenvalue weighted by molar-refractivity contribution is -0.159. The molecule has 1 rings (SSSR count). The van der Waals surface area contributed by atoms with Crippen LogP contribution in [0.2, 0.25) is 0 Å². The van der Waals surface area contributed by atoms with E-state index in [1.54, 1.807) is 14.0 Å². The van der Waals surface area contributed by atoms with Crippen LogP contribution in [0.1, 0.15) is 31.9 Å². The van der Waals surface area contributed by atoms with Gasteiger partial charge in [0.05, 0.1) is 19.8 Å². The van der Waals surface area contributed by atoms with Crippen LogP contribution in [-0.2, 0) is 26.0 Å². The van der Waals surface area contributed by atoms with Gasteiger partial charge in [-0.1, -0.05) is 28.1 Å². The molecule has 0 aliphatic heterocycles. The largest absolute Gasteiger partial charge is 0.496 e. The monoisotopic (exact) mass is 358 g/mol. The molecular weight excluding hydrogens is 336 g/mol. The average molecular weight is 359 g/mol. The number of ether oxygens (including phenoxy) is 3. The highest BCUT2D eigenvalue weighted by atomic mass is 79.9. The quantitative estimate of drug-likeness (QED) is 0.527. The van der Waals surface area contributed by atoms with Crippen molar-refractivity contribution >= 4 is 21.9 Å². The number of carbonyl (C=O) groups excluding carboxylic acids is 1. The molecule has 118 valence electrons. The fourth-order valence-corrected chi connectivity index (χ4v) is 2.47. The molecule has 1 atom stereocenters. The van der Waals surface area contributed by atoms with Gasteiger partial charge in [0.2, 0.25) is 0 Å². The van der Waals surface area contributed by atoms with Crippen LogP contribution in [0.25, 0.3) is 0 Å². The molecule has 0 aliphatic rings. The molecule has 0 saturated heterocycles. The molecule has 0 heterocycles. The van der Waals surface area contributed by atoms with E-state index in [0.717, 1.165) is 16.9 Å². The van der Waals surface area contributed by atoms with Crippen molar-refractivity contribution in [1.82, 2.24) is 0 Å². The predicted octanol–water partition coefficient (Wildman–Crippen LogP) is 3.49. The van der Waals surface area contributed by atoms with Gasteiger partial charge in [-0.15, -0.1) is 0 Å². The van der Waals surface area contributed by atoms with Gasteiger partial charge in [-0.2, -0.15) is 0 Å². The maximum absolute atomic E-state index is 12.0. The molecule has 21 heavy (non-hydrogen) atoms. The summed E-state index contributed by atoms with van der Waals surface area (Å²) in [6.45, 7) is 5.96. The van der Waals surface area contributed by atoms with Crippen LogP contribution in [0.15, 0.2) is 18.2 Å². The minimum Gasteiger partial charge on any atom is -0.496 e. The number of halogens is 1. The molecule has 0 spiro atoms. The number of rotatable bonds is 8. The van der Waals surface area contributed by atoms with E-state index in [1.165, 1.54) is 0 Å². The Morgan fingerprint density at radius 1 is 1.33 bits per heavy atom. The maximum Gasteiger partial charge on any atom is 0.335 e. The van der Waals surface area contributed by atoms with Gasteiger partial charge < -0.3 is 14.2 Å². The second-order valence-electron chi connectivity index (χ2n) is 4.91. The standard InChI is InChI=1S/C16H23BrO4/c1-5-20-16(18)15(21-11(2)3)9-12-6-7-14(19-4)13(8-12)10-17/h6-8,11,15H,5,9-10H2,1-4H3. The highest BCUT2D eigenvalue weighted by Gasteiger charge is 2.22. The third-order valence-corrected chi connectivity index (χ3v) is 3.50. The summed E-state index contributed by atoms with van der Waals surface area (Å²) in [4.78, 5) is 12.0. The van der Waals surface area contributed by atoms with Crippen molar-refractivity contribution in [3.63, 3.8) is 0 Å². The van der Waals surface area contributed by atoms with Crippen molar-refractivity contribution in [2.45, 2.75) is 44.7 Å². The molecule has 0 aliphatic carbocycles. The SMILES string of the molecule is CCOC(=O)C(Cc1ccc(OC)c(CBr)c1)OC(C)C. The summed E-state index contributed by atoms with van der Waals surface area (Å²) in [6.07, 6.45) is -0.129. The first-order chi connectivity index (χ1) is 10.0. The van der Waals surface area contributed by atoms with E-state index in [9.17, 15) is 4.79 Å². The number of methoxy groups -OCH3 is 1. The van der Waals surface area contributed by atoms with Crippen molar-refractivity contribution in [3.05, 3.63) is 29.3 Å². The van der Waals surface area contributed by atoms with Gasteiger partial charge in [0.1, 0.15) is 5.75 Å². The summed E-state index contributed by atoms with van der Waals surface area (Å²) < 4.78 is 16.1. The van der Waals surface area contributed by atoms with E-state index >= 15 is 0 Å². The van der Waals surface area contributed by atoms with Gasteiger partial charge in [-0.3, -0.25) is 0 Å². The summed E-state index contributed by atoms with van der Waals surface area (Å²) in [5, 5.41) is 0.694. The molecule has 1 unspecified atom stereocenters. The molecule has 0 radical (unpaired) electrons. The first-order valence-electron chi connectivity index (χ1n) is 7.05. The lowest BCUT2D eigenvalue weighted by atomic mass is 10.0. The Labute approximate surface area is 134 Å². The second kappa shape index (κ2) is 9.05. The van der Waals surface area contributed by atoms with Gasteiger partial charge in [0, 0.05) is 17.3 Å². The topological polar surface area (TPSA) is 44.8 Å². The Hall–Kier alpha value is -1.07. The maximum atomic E-state index is 12.0. The molecule has 0 fully saturated rings. The molecular formula is C16H23BrO4. The molecule has 4 nitrogen and oxygen atoms in total. The van der Waals surface area contributed by atoms with E-state index in [1.807, 2.05) is 32.0 Å². The van der Waals surface area contributed by atoms with Crippen molar-refractivity contribution in [2.75, 3.05) is 13.7 Å². The predicted molar refractivity (Wildman–Crippen MR) is 86.0 cm³/mol. The molecule has 0 aromatic heterocycles. The van der Waals surface area contributed by atoms with Crippen molar-refractivity contribution in [2.24, 2.45) is 0 Å². The molecule has 0 amide bonds. The van der Waals surface area contributed by atoms with Gasteiger partial charge in [0.15, 0.2) is 6.10 Å². The Kier molecular flexibility index (Phi) is 7.75. The molecule has 0 N–H and O–H groups in total. The first-order valence-corrected chi connectivity index (χ1v) is 8.17. The van der Waals surface area contributed by atoms with E-state index in [-0.39, 0.29) is 12.1 Å². The average Bonchev–Trinajstić information content (AvgIpc) is 2.46.